The molecular weight excluding hydrogens is 306 g/mol. The van der Waals surface area contributed by atoms with Crippen LogP contribution in [0.4, 0.5) is 0 Å². The predicted molar refractivity (Wildman–Crippen MR) is 78.3 cm³/mol. The van der Waals surface area contributed by atoms with Crippen molar-refractivity contribution in [3.63, 3.8) is 0 Å². The molecule has 1 N–H and O–H groups in total. The Morgan fingerprint density at radius 2 is 2.23 bits per heavy atom. The Morgan fingerprint density at radius 1 is 1.41 bits per heavy atom. The highest BCUT2D eigenvalue weighted by atomic mass is 32.2. The van der Waals surface area contributed by atoms with Crippen LogP contribution < -0.4 is 5.32 Å². The molecule has 2 aromatic rings. The number of sulfone groups is 1. The summed E-state index contributed by atoms with van der Waals surface area (Å²) in [4.78, 5) is 12.4. The average Bonchev–Trinajstić information content (AvgIpc) is 3.07. The third kappa shape index (κ3) is 2.98. The molecule has 1 amide bonds. The molecule has 9 heteroatoms. The molecular formula is C13H15N5O3S. The molecule has 1 aliphatic heterocycles. The number of hydrogen-bond donors (Lipinski definition) is 1. The van der Waals surface area contributed by atoms with Crippen molar-refractivity contribution in [3.05, 3.63) is 36.2 Å². The zero-order valence-corrected chi connectivity index (χ0v) is 12.7. The summed E-state index contributed by atoms with van der Waals surface area (Å²) in [5.74, 6) is -0.234. The molecule has 116 valence electrons. The van der Waals surface area contributed by atoms with Crippen molar-refractivity contribution in [1.29, 1.82) is 0 Å². The zero-order valence-electron chi connectivity index (χ0n) is 11.9. The highest BCUT2D eigenvalue weighted by molar-refractivity contribution is 7.91. The third-order valence-corrected chi connectivity index (χ3v) is 5.54. The van der Waals surface area contributed by atoms with Gasteiger partial charge in [-0.05, 0) is 42.0 Å². The lowest BCUT2D eigenvalue weighted by Crippen LogP contribution is -2.46. The number of rotatable bonds is 3. The van der Waals surface area contributed by atoms with Gasteiger partial charge in [-0.2, -0.15) is 0 Å². The van der Waals surface area contributed by atoms with E-state index in [9.17, 15) is 13.2 Å². The molecule has 0 spiro atoms. The Hall–Kier alpha value is -2.29. The van der Waals surface area contributed by atoms with E-state index >= 15 is 0 Å². The van der Waals surface area contributed by atoms with Crippen LogP contribution in [-0.4, -0.2) is 51.6 Å². The van der Waals surface area contributed by atoms with Crippen LogP contribution in [0.2, 0.25) is 0 Å². The molecule has 1 atom stereocenters. The molecule has 0 bridgehead atoms. The van der Waals surface area contributed by atoms with Crippen molar-refractivity contribution in [3.8, 4) is 5.69 Å². The van der Waals surface area contributed by atoms with E-state index < -0.39 is 15.4 Å². The number of nitrogens with one attached hydrogen (secondary N) is 1. The van der Waals surface area contributed by atoms with E-state index in [0.29, 0.717) is 17.7 Å². The van der Waals surface area contributed by atoms with Crippen LogP contribution in [0.15, 0.2) is 30.6 Å². The first-order chi connectivity index (χ1) is 10.4. The monoisotopic (exact) mass is 321 g/mol. The van der Waals surface area contributed by atoms with Crippen LogP contribution in [0.1, 0.15) is 23.7 Å². The van der Waals surface area contributed by atoms with Crippen molar-refractivity contribution >= 4 is 15.7 Å². The maximum Gasteiger partial charge on any atom is 0.251 e. The van der Waals surface area contributed by atoms with E-state index in [1.165, 1.54) is 11.0 Å². The Balaban J connectivity index is 1.80. The Morgan fingerprint density at radius 3 is 2.86 bits per heavy atom. The van der Waals surface area contributed by atoms with Gasteiger partial charge in [0.05, 0.1) is 22.7 Å². The molecule has 8 nitrogen and oxygen atoms in total. The summed E-state index contributed by atoms with van der Waals surface area (Å²) in [6.45, 7) is 1.75. The van der Waals surface area contributed by atoms with E-state index in [2.05, 4.69) is 20.8 Å². The summed E-state index contributed by atoms with van der Waals surface area (Å²) in [5, 5.41) is 13.7. The summed E-state index contributed by atoms with van der Waals surface area (Å²) in [6, 6.07) is 6.81. The van der Waals surface area contributed by atoms with E-state index in [-0.39, 0.29) is 17.4 Å². The number of aromatic nitrogens is 4. The Kier molecular flexibility index (Phi) is 3.44. The van der Waals surface area contributed by atoms with Crippen LogP contribution in [-0.2, 0) is 9.84 Å². The van der Waals surface area contributed by atoms with Gasteiger partial charge in [0.25, 0.3) is 5.91 Å². The third-order valence-electron chi connectivity index (χ3n) is 3.64. The number of carbonyl (C=O) groups is 1. The van der Waals surface area contributed by atoms with Gasteiger partial charge in [-0.25, -0.2) is 13.1 Å². The molecule has 0 radical (unpaired) electrons. The second-order valence-electron chi connectivity index (χ2n) is 5.66. The molecule has 1 fully saturated rings. The molecule has 1 aliphatic rings. The molecule has 0 aliphatic carbocycles. The largest absolute Gasteiger partial charge is 0.346 e. The van der Waals surface area contributed by atoms with Crippen molar-refractivity contribution < 1.29 is 13.2 Å². The molecule has 0 saturated carbocycles. The van der Waals surface area contributed by atoms with Crippen LogP contribution in [0.3, 0.4) is 0 Å². The fourth-order valence-electron chi connectivity index (χ4n) is 2.52. The first-order valence-corrected chi connectivity index (χ1v) is 8.55. The molecule has 1 saturated heterocycles. The van der Waals surface area contributed by atoms with Crippen molar-refractivity contribution in [2.45, 2.75) is 18.9 Å². The standard InChI is InChI=1S/C13H15N5O3S/c1-13(5-6-22(20,21)8-13)15-12(19)10-3-2-4-11(7-10)18-9-14-16-17-18/h2-4,7,9H,5-6,8H2,1H3,(H,15,19)/t13-/m1/s1. The van der Waals surface area contributed by atoms with Gasteiger partial charge in [0.1, 0.15) is 6.33 Å². The van der Waals surface area contributed by atoms with Crippen LogP contribution in [0.25, 0.3) is 5.69 Å². The highest BCUT2D eigenvalue weighted by Gasteiger charge is 2.39. The Bertz CT molecular complexity index is 803. The molecule has 2 heterocycles. The maximum absolute atomic E-state index is 12.4. The molecule has 1 aromatic carbocycles. The average molecular weight is 321 g/mol. The lowest BCUT2D eigenvalue weighted by Gasteiger charge is -2.24. The van der Waals surface area contributed by atoms with Crippen LogP contribution in [0, 0.1) is 0 Å². The highest BCUT2D eigenvalue weighted by Crippen LogP contribution is 2.23. The van der Waals surface area contributed by atoms with E-state index in [4.69, 9.17) is 0 Å². The van der Waals surface area contributed by atoms with Gasteiger partial charge in [0.2, 0.25) is 0 Å². The smallest absolute Gasteiger partial charge is 0.251 e. The SMILES string of the molecule is C[C@@]1(NC(=O)c2cccc(-n3cnnn3)c2)CCS(=O)(=O)C1. The number of tetrazole rings is 1. The van der Waals surface area contributed by atoms with Crippen LogP contribution >= 0.6 is 0 Å². The zero-order chi connectivity index (χ0) is 15.8. The first-order valence-electron chi connectivity index (χ1n) is 6.73. The van der Waals surface area contributed by atoms with Crippen molar-refractivity contribution in [1.82, 2.24) is 25.5 Å². The summed E-state index contributed by atoms with van der Waals surface area (Å²) in [6.07, 6.45) is 1.86. The maximum atomic E-state index is 12.4. The van der Waals surface area contributed by atoms with Crippen LogP contribution in [0.5, 0.6) is 0 Å². The minimum atomic E-state index is -3.07. The van der Waals surface area contributed by atoms with E-state index in [1.54, 1.807) is 31.2 Å². The summed E-state index contributed by atoms with van der Waals surface area (Å²) in [7, 11) is -3.07. The number of benzene rings is 1. The Labute approximate surface area is 127 Å². The van der Waals surface area contributed by atoms with Gasteiger partial charge in [-0.15, -0.1) is 5.10 Å². The second kappa shape index (κ2) is 5.16. The summed E-state index contributed by atoms with van der Waals surface area (Å²) in [5.41, 5.74) is 0.362. The van der Waals surface area contributed by atoms with Gasteiger partial charge in [-0.3, -0.25) is 4.79 Å². The molecule has 3 rings (SSSR count). The summed E-state index contributed by atoms with van der Waals surface area (Å²) >= 11 is 0. The quantitative estimate of drug-likeness (QED) is 0.850. The molecule has 22 heavy (non-hydrogen) atoms. The fraction of sp³-hybridized carbons (Fsp3) is 0.385. The van der Waals surface area contributed by atoms with E-state index in [1.807, 2.05) is 0 Å². The number of amides is 1. The lowest BCUT2D eigenvalue weighted by molar-refractivity contribution is 0.0915. The predicted octanol–water partition coefficient (Wildman–Crippen LogP) is -0.0307. The molecule has 1 aromatic heterocycles. The number of hydrogen-bond acceptors (Lipinski definition) is 6. The minimum Gasteiger partial charge on any atom is -0.346 e. The van der Waals surface area contributed by atoms with Gasteiger partial charge >= 0.3 is 0 Å². The lowest BCUT2D eigenvalue weighted by atomic mass is 10.0. The van der Waals surface area contributed by atoms with Crippen molar-refractivity contribution in [2.24, 2.45) is 0 Å². The van der Waals surface area contributed by atoms with Gasteiger partial charge in [0.15, 0.2) is 9.84 Å². The van der Waals surface area contributed by atoms with Gasteiger partial charge in [-0.1, -0.05) is 6.07 Å². The van der Waals surface area contributed by atoms with E-state index in [0.717, 1.165) is 0 Å². The topological polar surface area (TPSA) is 107 Å². The first kappa shape index (κ1) is 14.6. The second-order valence-corrected chi connectivity index (χ2v) is 7.85. The van der Waals surface area contributed by atoms with Gasteiger partial charge < -0.3 is 5.32 Å². The number of carbonyl (C=O) groups excluding carboxylic acids is 1. The van der Waals surface area contributed by atoms with Gasteiger partial charge in [0, 0.05) is 5.56 Å². The number of nitrogens with zero attached hydrogens (tertiary/aromatic N) is 4. The summed E-state index contributed by atoms with van der Waals surface area (Å²) < 4.78 is 24.6. The van der Waals surface area contributed by atoms with Crippen molar-refractivity contribution in [2.75, 3.05) is 11.5 Å². The fourth-order valence-corrected chi connectivity index (χ4v) is 4.62. The minimum absolute atomic E-state index is 0.0293. The molecule has 0 unspecified atom stereocenters. The normalized spacial score (nSPS) is 23.3.